The number of benzene rings is 1. The molecule has 7 heteroatoms. The number of aromatic hydroxyl groups is 1. The van der Waals surface area contributed by atoms with Crippen LogP contribution in [0.5, 0.6) is 5.75 Å². The zero-order chi connectivity index (χ0) is 15.8. The van der Waals surface area contributed by atoms with Crippen molar-refractivity contribution in [3.8, 4) is 17.0 Å². The van der Waals surface area contributed by atoms with E-state index in [1.165, 1.54) is 0 Å². The number of ether oxygens (including phenoxy) is 1. The van der Waals surface area contributed by atoms with Crippen LogP contribution in [0.3, 0.4) is 0 Å². The highest BCUT2D eigenvalue weighted by molar-refractivity contribution is 9.10. The number of phenols is 1. The van der Waals surface area contributed by atoms with Crippen molar-refractivity contribution < 1.29 is 9.84 Å². The Bertz CT molecular complexity index is 858. The van der Waals surface area contributed by atoms with Crippen molar-refractivity contribution in [1.29, 1.82) is 0 Å². The molecule has 118 valence electrons. The smallest absolute Gasteiger partial charge is 0.150 e. The number of aromatic nitrogens is 4. The fourth-order valence-corrected chi connectivity index (χ4v) is 3.16. The molecule has 0 spiro atoms. The van der Waals surface area contributed by atoms with E-state index >= 15 is 0 Å². The van der Waals surface area contributed by atoms with E-state index in [1.807, 2.05) is 10.9 Å². The largest absolute Gasteiger partial charge is 0.507 e. The van der Waals surface area contributed by atoms with Crippen molar-refractivity contribution >= 4 is 27.0 Å². The molecule has 1 fully saturated rings. The molecule has 1 N–H and O–H groups in total. The summed E-state index contributed by atoms with van der Waals surface area (Å²) in [6.45, 7) is 0.780. The molecule has 1 aromatic carbocycles. The predicted molar refractivity (Wildman–Crippen MR) is 89.0 cm³/mol. The average molecular weight is 375 g/mol. The summed E-state index contributed by atoms with van der Waals surface area (Å²) in [5, 5.41) is 14.2. The molecule has 0 saturated carbocycles. The molecular formula is C16H15BrN4O2. The van der Waals surface area contributed by atoms with Gasteiger partial charge in [0.2, 0.25) is 0 Å². The van der Waals surface area contributed by atoms with Crippen molar-refractivity contribution in [3.05, 3.63) is 35.2 Å². The second-order valence-corrected chi connectivity index (χ2v) is 6.34. The molecule has 1 atom stereocenters. The van der Waals surface area contributed by atoms with Gasteiger partial charge in [-0.25, -0.2) is 9.67 Å². The zero-order valence-corrected chi connectivity index (χ0v) is 13.9. The van der Waals surface area contributed by atoms with Gasteiger partial charge in [0.25, 0.3) is 0 Å². The van der Waals surface area contributed by atoms with E-state index < -0.39 is 0 Å². The molecule has 1 unspecified atom stereocenters. The fourth-order valence-electron chi connectivity index (χ4n) is 2.73. The first-order valence-corrected chi connectivity index (χ1v) is 8.32. The van der Waals surface area contributed by atoms with Gasteiger partial charge < -0.3 is 9.84 Å². The molecule has 6 nitrogen and oxygen atoms in total. The van der Waals surface area contributed by atoms with Crippen molar-refractivity contribution in [2.45, 2.75) is 25.5 Å². The molecule has 0 amide bonds. The lowest BCUT2D eigenvalue weighted by Crippen LogP contribution is -2.18. The first kappa shape index (κ1) is 14.6. The second kappa shape index (κ2) is 5.90. The lowest BCUT2D eigenvalue weighted by Gasteiger charge is -2.22. The quantitative estimate of drug-likeness (QED) is 0.740. The summed E-state index contributed by atoms with van der Waals surface area (Å²) < 4.78 is 8.14. The Morgan fingerprint density at radius 2 is 2.17 bits per heavy atom. The van der Waals surface area contributed by atoms with Gasteiger partial charge in [-0.1, -0.05) is 0 Å². The number of hydrogen-bond acceptors (Lipinski definition) is 5. The van der Waals surface area contributed by atoms with Crippen LogP contribution in [0.4, 0.5) is 0 Å². The lowest BCUT2D eigenvalue weighted by molar-refractivity contribution is -0.0394. The van der Waals surface area contributed by atoms with Gasteiger partial charge in [-0.2, -0.15) is 5.10 Å². The molecule has 2 aromatic heterocycles. The van der Waals surface area contributed by atoms with Crippen LogP contribution in [0.25, 0.3) is 22.3 Å². The van der Waals surface area contributed by atoms with E-state index in [9.17, 15) is 5.11 Å². The molecule has 0 bridgehead atoms. The molecule has 3 heterocycles. The second-order valence-electron chi connectivity index (χ2n) is 5.55. The summed E-state index contributed by atoms with van der Waals surface area (Å²) in [7, 11) is 0. The third-order valence-corrected chi connectivity index (χ3v) is 4.76. The van der Waals surface area contributed by atoms with Crippen LogP contribution < -0.4 is 0 Å². The van der Waals surface area contributed by atoms with Gasteiger partial charge in [0.15, 0.2) is 0 Å². The van der Waals surface area contributed by atoms with Crippen LogP contribution in [-0.4, -0.2) is 31.5 Å². The lowest BCUT2D eigenvalue weighted by atomic mass is 10.2. The van der Waals surface area contributed by atoms with Crippen LogP contribution in [0, 0.1) is 0 Å². The molecular weight excluding hydrogens is 360 g/mol. The van der Waals surface area contributed by atoms with Gasteiger partial charge in [0.1, 0.15) is 17.5 Å². The van der Waals surface area contributed by atoms with E-state index in [2.05, 4.69) is 31.0 Å². The van der Waals surface area contributed by atoms with Gasteiger partial charge in [0, 0.05) is 18.4 Å². The Morgan fingerprint density at radius 3 is 3.00 bits per heavy atom. The predicted octanol–water partition coefficient (Wildman–Crippen LogP) is 3.66. The SMILES string of the molecule is Oc1ccc2ncc(-c3cnn(C4CCCCO4)c3)nc2c1Br. The molecule has 4 rings (SSSR count). The average Bonchev–Trinajstić information content (AvgIpc) is 3.09. The molecule has 1 aliphatic heterocycles. The highest BCUT2D eigenvalue weighted by Gasteiger charge is 2.17. The van der Waals surface area contributed by atoms with E-state index in [0.29, 0.717) is 15.7 Å². The maximum atomic E-state index is 9.81. The summed E-state index contributed by atoms with van der Waals surface area (Å²) in [4.78, 5) is 9.01. The molecule has 0 aliphatic carbocycles. The number of rotatable bonds is 2. The maximum Gasteiger partial charge on any atom is 0.150 e. The molecule has 0 radical (unpaired) electrons. The van der Waals surface area contributed by atoms with Gasteiger partial charge in [-0.15, -0.1) is 0 Å². The summed E-state index contributed by atoms with van der Waals surface area (Å²) >= 11 is 3.36. The maximum absolute atomic E-state index is 9.81. The highest BCUT2D eigenvalue weighted by atomic mass is 79.9. The third kappa shape index (κ3) is 2.70. The van der Waals surface area contributed by atoms with Crippen molar-refractivity contribution in [2.24, 2.45) is 0 Å². The minimum atomic E-state index is 0.00157. The first-order chi connectivity index (χ1) is 11.2. The molecule has 1 saturated heterocycles. The Morgan fingerprint density at radius 1 is 1.26 bits per heavy atom. The van der Waals surface area contributed by atoms with Gasteiger partial charge in [-0.05, 0) is 47.3 Å². The van der Waals surface area contributed by atoms with Crippen molar-refractivity contribution in [3.63, 3.8) is 0 Å². The van der Waals surface area contributed by atoms with Crippen LogP contribution in [-0.2, 0) is 4.74 Å². The van der Waals surface area contributed by atoms with Crippen molar-refractivity contribution in [2.75, 3.05) is 6.61 Å². The van der Waals surface area contributed by atoms with E-state index in [1.54, 1.807) is 24.5 Å². The Hall–Kier alpha value is -1.99. The van der Waals surface area contributed by atoms with Crippen molar-refractivity contribution in [1.82, 2.24) is 19.7 Å². The van der Waals surface area contributed by atoms with Crippen LogP contribution in [0.2, 0.25) is 0 Å². The van der Waals surface area contributed by atoms with Gasteiger partial charge in [-0.3, -0.25) is 4.98 Å². The minimum absolute atomic E-state index is 0.00157. The summed E-state index contributed by atoms with van der Waals surface area (Å²) in [6.07, 6.45) is 8.66. The monoisotopic (exact) mass is 374 g/mol. The van der Waals surface area contributed by atoms with Gasteiger partial charge in [0.05, 0.1) is 28.1 Å². The van der Waals surface area contributed by atoms with E-state index in [4.69, 9.17) is 4.74 Å². The van der Waals surface area contributed by atoms with Crippen LogP contribution in [0.1, 0.15) is 25.5 Å². The zero-order valence-electron chi connectivity index (χ0n) is 12.3. The third-order valence-electron chi connectivity index (χ3n) is 3.98. The number of fused-ring (bicyclic) bond motifs is 1. The number of hydrogen-bond donors (Lipinski definition) is 1. The fraction of sp³-hybridized carbons (Fsp3) is 0.312. The Kier molecular flexibility index (Phi) is 3.74. The Labute approximate surface area is 141 Å². The van der Waals surface area contributed by atoms with Crippen LogP contribution in [0.15, 0.2) is 35.2 Å². The summed E-state index contributed by atoms with van der Waals surface area (Å²) in [5.74, 6) is 0.148. The van der Waals surface area contributed by atoms with Crippen LogP contribution >= 0.6 is 15.9 Å². The molecule has 23 heavy (non-hydrogen) atoms. The normalized spacial score (nSPS) is 18.4. The molecule has 1 aliphatic rings. The van der Waals surface area contributed by atoms with Gasteiger partial charge >= 0.3 is 0 Å². The van der Waals surface area contributed by atoms with E-state index in [0.717, 1.165) is 36.9 Å². The Balaban J connectivity index is 1.71. The highest BCUT2D eigenvalue weighted by Crippen LogP contribution is 2.31. The number of halogens is 1. The minimum Gasteiger partial charge on any atom is -0.507 e. The number of nitrogens with zero attached hydrogens (tertiary/aromatic N) is 4. The topological polar surface area (TPSA) is 73.1 Å². The number of phenolic OH excluding ortho intramolecular Hbond substituents is 1. The molecule has 3 aromatic rings. The van der Waals surface area contributed by atoms with E-state index in [-0.39, 0.29) is 12.0 Å². The summed E-state index contributed by atoms with van der Waals surface area (Å²) in [6, 6.07) is 3.34. The first-order valence-electron chi connectivity index (χ1n) is 7.53. The standard InChI is InChI=1S/C16H15BrN4O2/c17-15-13(22)5-4-11-16(15)20-12(8-18-11)10-7-19-21(9-10)14-3-1-2-6-23-14/h4-5,7-9,14,22H,1-3,6H2. The summed E-state index contributed by atoms with van der Waals surface area (Å²) in [5.41, 5.74) is 2.94.